The lowest BCUT2D eigenvalue weighted by Crippen LogP contribution is -2.52. The Labute approximate surface area is 134 Å². The first kappa shape index (κ1) is 15.5. The Morgan fingerprint density at radius 1 is 0.800 bits per heavy atom. The Bertz CT molecular complexity index is 194. The Morgan fingerprint density at radius 2 is 1.13 bits per heavy atom. The highest BCUT2D eigenvalue weighted by Gasteiger charge is 2.47. The lowest BCUT2D eigenvalue weighted by Gasteiger charge is -2.44. The van der Waals surface area contributed by atoms with Crippen molar-refractivity contribution in [3.8, 4) is 0 Å². The molecule has 1 rings (SSSR count). The third kappa shape index (κ3) is 3.24. The second-order valence-corrected chi connectivity index (χ2v) is 9.47. The van der Waals surface area contributed by atoms with Crippen molar-refractivity contribution >= 4 is 79.6 Å². The minimum absolute atomic E-state index is 0.451. The van der Waals surface area contributed by atoms with Crippen molar-refractivity contribution < 1.29 is 0 Å². The van der Waals surface area contributed by atoms with Gasteiger partial charge < -0.3 is 0 Å². The average molecular weight is 535 g/mol. The van der Waals surface area contributed by atoms with E-state index in [4.69, 9.17) is 0 Å². The molecule has 0 heterocycles. The van der Waals surface area contributed by atoms with Crippen molar-refractivity contribution in [2.75, 3.05) is 0 Å². The van der Waals surface area contributed by atoms with Crippen molar-refractivity contribution in [2.24, 2.45) is 11.8 Å². The molecule has 0 bridgehead atoms. The fourth-order valence-electron chi connectivity index (χ4n) is 2.03. The predicted octanol–water partition coefficient (Wildman–Crippen LogP) is 5.48. The van der Waals surface area contributed by atoms with E-state index in [1.165, 1.54) is 6.42 Å². The van der Waals surface area contributed by atoms with Gasteiger partial charge in [0.25, 0.3) is 0 Å². The van der Waals surface area contributed by atoms with E-state index < -0.39 is 0 Å². The molecule has 5 heteroatoms. The van der Waals surface area contributed by atoms with E-state index in [1.54, 1.807) is 0 Å². The van der Waals surface area contributed by atoms with Gasteiger partial charge in [0.05, 0.1) is 0 Å². The molecule has 0 saturated heterocycles. The van der Waals surface area contributed by atoms with Gasteiger partial charge in [-0.2, -0.15) is 0 Å². The zero-order valence-electron chi connectivity index (χ0n) is 8.64. The second kappa shape index (κ2) is 6.53. The second-order valence-electron chi connectivity index (χ2n) is 4.19. The molecule has 0 aromatic carbocycles. The maximum Gasteiger partial charge on any atom is 0.0418 e. The summed E-state index contributed by atoms with van der Waals surface area (Å²) in [5.41, 5.74) is 0. The van der Waals surface area contributed by atoms with Gasteiger partial charge in [0.15, 0.2) is 0 Å². The zero-order chi connectivity index (χ0) is 11.7. The van der Waals surface area contributed by atoms with Gasteiger partial charge in [-0.3, -0.25) is 0 Å². The summed E-state index contributed by atoms with van der Waals surface area (Å²) in [6.07, 6.45) is 1.22. The quantitative estimate of drug-likeness (QED) is 0.412. The van der Waals surface area contributed by atoms with Crippen LogP contribution in [0.4, 0.5) is 0 Å². The maximum atomic E-state index is 3.84. The van der Waals surface area contributed by atoms with Gasteiger partial charge in [-0.05, 0) is 11.8 Å². The van der Waals surface area contributed by atoms with Gasteiger partial charge >= 0.3 is 0 Å². The highest BCUT2D eigenvalue weighted by atomic mass is 79.9. The van der Waals surface area contributed by atoms with E-state index in [0.717, 1.165) is 5.92 Å². The van der Waals surface area contributed by atoms with Crippen LogP contribution in [0.3, 0.4) is 0 Å². The normalized spacial score (nSPS) is 49.0. The molecule has 1 saturated carbocycles. The molecule has 0 aromatic heterocycles. The van der Waals surface area contributed by atoms with Crippen LogP contribution in [-0.4, -0.2) is 24.1 Å². The minimum atomic E-state index is 0.451. The van der Waals surface area contributed by atoms with Crippen molar-refractivity contribution in [2.45, 2.75) is 44.4 Å². The molecule has 0 N–H and O–H groups in total. The van der Waals surface area contributed by atoms with Crippen molar-refractivity contribution in [1.29, 1.82) is 0 Å². The lowest BCUT2D eigenvalue weighted by atomic mass is 9.79. The van der Waals surface area contributed by atoms with Crippen LogP contribution in [0.5, 0.6) is 0 Å². The standard InChI is InChI=1S/C10H15Br5/c1-3-4(2)5-6(11)8(13)10(15)9(14)7(5)12/h4-10H,3H2,1-2H3. The van der Waals surface area contributed by atoms with E-state index in [-0.39, 0.29) is 0 Å². The molecule has 1 aliphatic rings. The molecule has 15 heavy (non-hydrogen) atoms. The van der Waals surface area contributed by atoms with Crippen LogP contribution >= 0.6 is 79.6 Å². The fourth-order valence-corrected chi connectivity index (χ4v) is 8.04. The topological polar surface area (TPSA) is 0 Å². The number of hydrogen-bond acceptors (Lipinski definition) is 0. The summed E-state index contributed by atoms with van der Waals surface area (Å²) in [6.45, 7) is 4.60. The molecule has 0 aliphatic heterocycles. The van der Waals surface area contributed by atoms with Crippen LogP contribution in [0, 0.1) is 11.8 Å². The van der Waals surface area contributed by atoms with Crippen LogP contribution in [0.25, 0.3) is 0 Å². The molecule has 0 aromatic rings. The van der Waals surface area contributed by atoms with Crippen LogP contribution < -0.4 is 0 Å². The average Bonchev–Trinajstić information content (AvgIpc) is 2.23. The largest absolute Gasteiger partial charge is 0.0875 e. The molecule has 0 radical (unpaired) electrons. The SMILES string of the molecule is CCC(C)C1C(Br)C(Br)C(Br)C(Br)C1Br. The highest BCUT2D eigenvalue weighted by Crippen LogP contribution is 2.47. The zero-order valence-corrected chi connectivity index (χ0v) is 16.6. The van der Waals surface area contributed by atoms with Gasteiger partial charge in [0.1, 0.15) is 0 Å². The van der Waals surface area contributed by atoms with Crippen LogP contribution in [-0.2, 0) is 0 Å². The Kier molecular flexibility index (Phi) is 6.73. The fraction of sp³-hybridized carbons (Fsp3) is 1.00. The molecule has 5 unspecified atom stereocenters. The van der Waals surface area contributed by atoms with Gasteiger partial charge in [-0.15, -0.1) is 0 Å². The molecular weight excluding hydrogens is 520 g/mol. The molecule has 0 spiro atoms. The van der Waals surface area contributed by atoms with Gasteiger partial charge in [0.2, 0.25) is 0 Å². The van der Waals surface area contributed by atoms with Crippen LogP contribution in [0.1, 0.15) is 20.3 Å². The third-order valence-electron chi connectivity index (χ3n) is 3.25. The molecule has 5 atom stereocenters. The summed E-state index contributed by atoms with van der Waals surface area (Å²) in [5.74, 6) is 1.37. The third-order valence-corrected chi connectivity index (χ3v) is 11.9. The summed E-state index contributed by atoms with van der Waals surface area (Å²) in [6, 6.07) is 0. The Hall–Kier alpha value is 2.40. The van der Waals surface area contributed by atoms with Crippen molar-refractivity contribution in [3.63, 3.8) is 0 Å². The van der Waals surface area contributed by atoms with E-state index in [9.17, 15) is 0 Å². The summed E-state index contributed by atoms with van der Waals surface area (Å²) in [4.78, 5) is 2.40. The van der Waals surface area contributed by atoms with Crippen LogP contribution in [0.15, 0.2) is 0 Å². The molecule has 0 amide bonds. The van der Waals surface area contributed by atoms with Crippen molar-refractivity contribution in [1.82, 2.24) is 0 Å². The Balaban J connectivity index is 2.86. The molecular formula is C10H15Br5. The number of rotatable bonds is 2. The molecule has 1 fully saturated rings. The van der Waals surface area contributed by atoms with Crippen molar-refractivity contribution in [3.05, 3.63) is 0 Å². The Morgan fingerprint density at radius 3 is 1.47 bits per heavy atom. The number of alkyl halides is 5. The van der Waals surface area contributed by atoms with Gasteiger partial charge in [-0.25, -0.2) is 0 Å². The predicted molar refractivity (Wildman–Crippen MR) is 86.5 cm³/mol. The highest BCUT2D eigenvalue weighted by molar-refractivity contribution is 9.15. The summed E-state index contributed by atoms with van der Waals surface area (Å²) < 4.78 is 0. The number of halogens is 5. The summed E-state index contributed by atoms with van der Waals surface area (Å²) in [5, 5.41) is 0. The van der Waals surface area contributed by atoms with Gasteiger partial charge in [-0.1, -0.05) is 99.9 Å². The summed E-state index contributed by atoms with van der Waals surface area (Å²) in [7, 11) is 0. The van der Waals surface area contributed by atoms with E-state index in [1.807, 2.05) is 0 Å². The molecule has 90 valence electrons. The summed E-state index contributed by atoms with van der Waals surface area (Å²) >= 11 is 19.0. The molecule has 0 nitrogen and oxygen atoms in total. The molecule has 1 aliphatic carbocycles. The van der Waals surface area contributed by atoms with E-state index in [2.05, 4.69) is 93.5 Å². The van der Waals surface area contributed by atoms with Crippen LogP contribution in [0.2, 0.25) is 0 Å². The maximum absolute atomic E-state index is 3.84. The monoisotopic (exact) mass is 530 g/mol. The van der Waals surface area contributed by atoms with E-state index >= 15 is 0 Å². The first-order valence-electron chi connectivity index (χ1n) is 5.12. The minimum Gasteiger partial charge on any atom is -0.0875 e. The lowest BCUT2D eigenvalue weighted by molar-refractivity contribution is 0.301. The smallest absolute Gasteiger partial charge is 0.0418 e. The first-order chi connectivity index (χ1) is 6.91. The number of hydrogen-bond donors (Lipinski definition) is 0. The van der Waals surface area contributed by atoms with Gasteiger partial charge in [0, 0.05) is 24.1 Å². The van der Waals surface area contributed by atoms with E-state index in [0.29, 0.717) is 30.1 Å². The first-order valence-corrected chi connectivity index (χ1v) is 9.70.